The Morgan fingerprint density at radius 2 is 1.96 bits per heavy atom. The minimum atomic E-state index is -1.07. The van der Waals surface area contributed by atoms with E-state index in [1.54, 1.807) is 17.7 Å². The smallest absolute Gasteiger partial charge is 0.337 e. The number of aromatic carboxylic acids is 1. The van der Waals surface area contributed by atoms with Gasteiger partial charge >= 0.3 is 12.0 Å². The fraction of sp³-hybridized carbons (Fsp3) is 0.118. The molecule has 7 heteroatoms. The zero-order valence-electron chi connectivity index (χ0n) is 13.0. The van der Waals surface area contributed by atoms with E-state index in [0.29, 0.717) is 23.3 Å². The number of nitrogens with one attached hydrogen (secondary N) is 2. The first-order valence-corrected chi connectivity index (χ1v) is 7.32. The van der Waals surface area contributed by atoms with Gasteiger partial charge in [-0.1, -0.05) is 30.3 Å². The zero-order chi connectivity index (χ0) is 17.1. The molecule has 3 N–H and O–H groups in total. The summed E-state index contributed by atoms with van der Waals surface area (Å²) >= 11 is 0. The number of carboxylic acids is 1. The topological polar surface area (TPSA) is 96.3 Å². The number of benzene rings is 2. The van der Waals surface area contributed by atoms with Crippen LogP contribution in [0.2, 0.25) is 0 Å². The van der Waals surface area contributed by atoms with Crippen LogP contribution in [0.3, 0.4) is 0 Å². The molecule has 0 saturated carbocycles. The molecule has 1 aromatic heterocycles. The van der Waals surface area contributed by atoms with Gasteiger partial charge in [-0.05, 0) is 17.7 Å². The highest BCUT2D eigenvalue weighted by Crippen LogP contribution is 2.23. The van der Waals surface area contributed by atoms with Gasteiger partial charge in [0.1, 0.15) is 0 Å². The van der Waals surface area contributed by atoms with Crippen molar-refractivity contribution in [1.29, 1.82) is 0 Å². The fourth-order valence-electron chi connectivity index (χ4n) is 2.48. The van der Waals surface area contributed by atoms with Crippen molar-refractivity contribution >= 4 is 28.7 Å². The van der Waals surface area contributed by atoms with Gasteiger partial charge in [0.05, 0.1) is 22.9 Å². The lowest BCUT2D eigenvalue weighted by molar-refractivity contribution is 0.0698. The van der Waals surface area contributed by atoms with E-state index in [0.717, 1.165) is 5.56 Å². The molecule has 2 aromatic carbocycles. The first-order valence-electron chi connectivity index (χ1n) is 7.32. The van der Waals surface area contributed by atoms with Crippen LogP contribution in [0, 0.1) is 0 Å². The number of urea groups is 1. The van der Waals surface area contributed by atoms with E-state index < -0.39 is 12.0 Å². The lowest BCUT2D eigenvalue weighted by Crippen LogP contribution is -2.28. The van der Waals surface area contributed by atoms with Crippen molar-refractivity contribution in [2.24, 2.45) is 7.05 Å². The summed E-state index contributed by atoms with van der Waals surface area (Å²) in [6.45, 7) is 0.379. The third-order valence-electron chi connectivity index (χ3n) is 3.60. The second kappa shape index (κ2) is 6.41. The monoisotopic (exact) mass is 324 g/mol. The van der Waals surface area contributed by atoms with Crippen LogP contribution in [0.15, 0.2) is 48.8 Å². The second-order valence-corrected chi connectivity index (χ2v) is 5.35. The van der Waals surface area contributed by atoms with Crippen LogP contribution in [0.25, 0.3) is 11.0 Å². The molecule has 0 aliphatic heterocycles. The summed E-state index contributed by atoms with van der Waals surface area (Å²) in [6, 6.07) is 12.2. The van der Waals surface area contributed by atoms with Crippen molar-refractivity contribution in [2.45, 2.75) is 6.54 Å². The van der Waals surface area contributed by atoms with Crippen molar-refractivity contribution in [3.63, 3.8) is 0 Å². The SMILES string of the molecule is Cn1cnc2cc(NC(=O)NCc3ccccc3)cc(C(=O)O)c21. The molecule has 7 nitrogen and oxygen atoms in total. The average molecular weight is 324 g/mol. The Morgan fingerprint density at radius 3 is 2.67 bits per heavy atom. The Morgan fingerprint density at radius 1 is 1.21 bits per heavy atom. The summed E-state index contributed by atoms with van der Waals surface area (Å²) in [5, 5.41) is 14.7. The maximum Gasteiger partial charge on any atom is 0.337 e. The van der Waals surface area contributed by atoms with Gasteiger partial charge in [0, 0.05) is 19.3 Å². The molecule has 1 heterocycles. The number of fused-ring (bicyclic) bond motifs is 1. The number of amides is 2. The Kier molecular flexibility index (Phi) is 4.15. The van der Waals surface area contributed by atoms with E-state index in [1.807, 2.05) is 30.3 Å². The number of anilines is 1. The van der Waals surface area contributed by atoms with E-state index in [2.05, 4.69) is 15.6 Å². The van der Waals surface area contributed by atoms with Gasteiger partial charge in [-0.3, -0.25) is 0 Å². The first kappa shape index (κ1) is 15.5. The van der Waals surface area contributed by atoms with Crippen LogP contribution in [0.1, 0.15) is 15.9 Å². The van der Waals surface area contributed by atoms with E-state index >= 15 is 0 Å². The summed E-state index contributed by atoms with van der Waals surface area (Å²) in [6.07, 6.45) is 1.54. The van der Waals surface area contributed by atoms with Crippen LogP contribution in [-0.2, 0) is 13.6 Å². The average Bonchev–Trinajstić information content (AvgIpc) is 2.94. The minimum absolute atomic E-state index is 0.0888. The number of hydrogen-bond acceptors (Lipinski definition) is 3. The number of imidazole rings is 1. The fourth-order valence-corrected chi connectivity index (χ4v) is 2.48. The third kappa shape index (κ3) is 3.19. The molecular weight excluding hydrogens is 308 g/mol. The van der Waals surface area contributed by atoms with Crippen molar-refractivity contribution in [3.05, 3.63) is 59.9 Å². The number of aromatic nitrogens is 2. The van der Waals surface area contributed by atoms with Crippen LogP contribution >= 0.6 is 0 Å². The maximum atomic E-state index is 12.0. The molecule has 3 aromatic rings. The van der Waals surface area contributed by atoms with Crippen LogP contribution in [-0.4, -0.2) is 26.7 Å². The number of carbonyl (C=O) groups is 2. The van der Waals surface area contributed by atoms with E-state index in [4.69, 9.17) is 0 Å². The minimum Gasteiger partial charge on any atom is -0.478 e. The molecule has 24 heavy (non-hydrogen) atoms. The van der Waals surface area contributed by atoms with Crippen molar-refractivity contribution in [2.75, 3.05) is 5.32 Å². The lowest BCUT2D eigenvalue weighted by Gasteiger charge is -2.09. The molecule has 3 rings (SSSR count). The van der Waals surface area contributed by atoms with Gasteiger partial charge in [0.25, 0.3) is 0 Å². The predicted molar refractivity (Wildman–Crippen MR) is 90.0 cm³/mol. The summed E-state index contributed by atoms with van der Waals surface area (Å²) in [4.78, 5) is 27.6. The van der Waals surface area contributed by atoms with Crippen LogP contribution < -0.4 is 10.6 Å². The molecule has 0 fully saturated rings. The molecule has 0 radical (unpaired) electrons. The quantitative estimate of drug-likeness (QED) is 0.687. The van der Waals surface area contributed by atoms with Gasteiger partial charge in [-0.2, -0.15) is 0 Å². The number of carbonyl (C=O) groups excluding carboxylic acids is 1. The highest BCUT2D eigenvalue weighted by molar-refractivity contribution is 6.04. The van der Waals surface area contributed by atoms with Crippen molar-refractivity contribution in [3.8, 4) is 0 Å². The van der Waals surface area contributed by atoms with Gasteiger partial charge in [-0.25, -0.2) is 14.6 Å². The number of hydrogen-bond donors (Lipinski definition) is 3. The maximum absolute atomic E-state index is 12.0. The molecule has 0 spiro atoms. The Hall–Kier alpha value is -3.35. The van der Waals surface area contributed by atoms with Gasteiger partial charge < -0.3 is 20.3 Å². The second-order valence-electron chi connectivity index (χ2n) is 5.35. The Bertz CT molecular complexity index is 903. The highest BCUT2D eigenvalue weighted by Gasteiger charge is 2.15. The molecule has 0 saturated heterocycles. The van der Waals surface area contributed by atoms with Gasteiger partial charge in [0.15, 0.2) is 0 Å². The highest BCUT2D eigenvalue weighted by atomic mass is 16.4. The van der Waals surface area contributed by atoms with Gasteiger partial charge in [0.2, 0.25) is 0 Å². The summed E-state index contributed by atoms with van der Waals surface area (Å²) in [5.74, 6) is -1.07. The zero-order valence-corrected chi connectivity index (χ0v) is 13.0. The molecule has 0 unspecified atom stereocenters. The number of nitrogens with zero attached hydrogens (tertiary/aromatic N) is 2. The summed E-state index contributed by atoms with van der Waals surface area (Å²) in [5.41, 5.74) is 2.46. The first-order chi connectivity index (χ1) is 11.5. The van der Waals surface area contributed by atoms with Crippen LogP contribution in [0.5, 0.6) is 0 Å². The van der Waals surface area contributed by atoms with E-state index in [1.165, 1.54) is 12.4 Å². The third-order valence-corrected chi connectivity index (χ3v) is 3.60. The molecule has 0 atom stereocenters. The van der Waals surface area contributed by atoms with E-state index in [9.17, 15) is 14.7 Å². The number of aryl methyl sites for hydroxylation is 1. The standard InChI is InChI=1S/C17H16N4O3/c1-21-10-19-14-8-12(7-13(15(14)21)16(22)23)20-17(24)18-9-11-5-3-2-4-6-11/h2-8,10H,9H2,1H3,(H,22,23)(H2,18,20,24). The molecule has 0 bridgehead atoms. The van der Waals surface area contributed by atoms with Crippen molar-refractivity contribution < 1.29 is 14.7 Å². The van der Waals surface area contributed by atoms with Crippen molar-refractivity contribution in [1.82, 2.24) is 14.9 Å². The van der Waals surface area contributed by atoms with E-state index in [-0.39, 0.29) is 5.56 Å². The summed E-state index contributed by atoms with van der Waals surface area (Å²) < 4.78 is 1.64. The molecule has 0 aliphatic rings. The van der Waals surface area contributed by atoms with Gasteiger partial charge in [-0.15, -0.1) is 0 Å². The normalized spacial score (nSPS) is 10.5. The molecule has 122 valence electrons. The Balaban J connectivity index is 1.77. The summed E-state index contributed by atoms with van der Waals surface area (Å²) in [7, 11) is 1.72. The number of carboxylic acid groups (broad SMARTS) is 1. The number of rotatable bonds is 4. The molecule has 0 aliphatic carbocycles. The lowest BCUT2D eigenvalue weighted by atomic mass is 10.1. The molecule has 2 amide bonds. The Labute approximate surface area is 137 Å². The molecular formula is C17H16N4O3. The largest absolute Gasteiger partial charge is 0.478 e. The predicted octanol–water partition coefficient (Wildman–Crippen LogP) is 2.59. The van der Waals surface area contributed by atoms with Crippen LogP contribution in [0.4, 0.5) is 10.5 Å².